The fraction of sp³-hybridized carbons (Fsp3) is 0.111. The van der Waals surface area contributed by atoms with Gasteiger partial charge in [0.25, 0.3) is 5.91 Å². The Balaban J connectivity index is 2.37. The summed E-state index contributed by atoms with van der Waals surface area (Å²) in [6.45, 7) is 1.99. The van der Waals surface area contributed by atoms with Crippen LogP contribution in [0.25, 0.3) is 10.9 Å². The number of pyridine rings is 1. The van der Waals surface area contributed by atoms with E-state index in [1.807, 2.05) is 47.9 Å². The Morgan fingerprint density at radius 3 is 2.43 bits per heavy atom. The number of carbonyl (C=O) groups is 1. The summed E-state index contributed by atoms with van der Waals surface area (Å²) in [6, 6.07) is 15.0. The number of benzene rings is 2. The average Bonchev–Trinajstić information content (AvgIpc) is 2.55. The second kappa shape index (κ2) is 5.61. The van der Waals surface area contributed by atoms with Crippen molar-refractivity contribution in [3.63, 3.8) is 0 Å². The van der Waals surface area contributed by atoms with E-state index in [0.717, 1.165) is 5.56 Å². The van der Waals surface area contributed by atoms with Crippen molar-refractivity contribution in [2.45, 2.75) is 13.0 Å². The van der Waals surface area contributed by atoms with Crippen molar-refractivity contribution in [1.82, 2.24) is 4.57 Å². The third kappa shape index (κ3) is 2.46. The molecule has 0 bridgehead atoms. The van der Waals surface area contributed by atoms with Crippen LogP contribution in [-0.2, 0) is 0 Å². The highest BCUT2D eigenvalue weighted by Gasteiger charge is 2.18. The number of carbonyl (C=O) groups excluding carboxylic acids is 1. The van der Waals surface area contributed by atoms with Crippen LogP contribution in [0.3, 0.4) is 0 Å². The van der Waals surface area contributed by atoms with Gasteiger partial charge in [0.2, 0.25) is 5.43 Å². The highest BCUT2D eigenvalue weighted by atomic mass is 16.2. The number of rotatable bonds is 3. The third-order valence-electron chi connectivity index (χ3n) is 4.06. The number of anilines is 1. The van der Waals surface area contributed by atoms with Crippen molar-refractivity contribution >= 4 is 22.5 Å². The molecule has 0 aliphatic carbocycles. The zero-order valence-corrected chi connectivity index (χ0v) is 12.7. The molecule has 0 fully saturated rings. The molecule has 5 heteroatoms. The van der Waals surface area contributed by atoms with Gasteiger partial charge in [-0.15, -0.1) is 0 Å². The van der Waals surface area contributed by atoms with Crippen LogP contribution in [0.4, 0.5) is 5.69 Å². The van der Waals surface area contributed by atoms with Gasteiger partial charge < -0.3 is 16.0 Å². The van der Waals surface area contributed by atoms with E-state index in [9.17, 15) is 9.59 Å². The summed E-state index contributed by atoms with van der Waals surface area (Å²) in [5, 5.41) is 0.326. The Morgan fingerprint density at radius 1 is 1.09 bits per heavy atom. The van der Waals surface area contributed by atoms with Gasteiger partial charge >= 0.3 is 0 Å². The van der Waals surface area contributed by atoms with Crippen LogP contribution in [0.5, 0.6) is 0 Å². The van der Waals surface area contributed by atoms with Gasteiger partial charge in [0, 0.05) is 11.9 Å². The molecule has 1 heterocycles. The predicted molar refractivity (Wildman–Crippen MR) is 91.4 cm³/mol. The molecule has 0 aliphatic heterocycles. The maximum Gasteiger partial charge on any atom is 0.254 e. The molecule has 3 rings (SSSR count). The molecule has 0 radical (unpaired) electrons. The summed E-state index contributed by atoms with van der Waals surface area (Å²) in [5.41, 5.74) is 12.9. The van der Waals surface area contributed by atoms with Crippen LogP contribution in [-0.4, -0.2) is 10.5 Å². The quantitative estimate of drug-likeness (QED) is 0.727. The van der Waals surface area contributed by atoms with E-state index in [-0.39, 0.29) is 11.6 Å². The van der Waals surface area contributed by atoms with Crippen molar-refractivity contribution in [3.05, 3.63) is 76.1 Å². The van der Waals surface area contributed by atoms with Gasteiger partial charge in [-0.2, -0.15) is 0 Å². The number of hydrogen-bond donors (Lipinski definition) is 2. The van der Waals surface area contributed by atoms with E-state index in [0.29, 0.717) is 16.6 Å². The summed E-state index contributed by atoms with van der Waals surface area (Å²) in [5.74, 6) is -0.755. The van der Waals surface area contributed by atoms with Crippen LogP contribution in [0, 0.1) is 0 Å². The largest absolute Gasteiger partial charge is 0.398 e. The second-order valence-electron chi connectivity index (χ2n) is 5.47. The maximum atomic E-state index is 12.5. The van der Waals surface area contributed by atoms with Gasteiger partial charge in [-0.1, -0.05) is 36.4 Å². The maximum absolute atomic E-state index is 12.5. The molecule has 3 aromatic rings. The van der Waals surface area contributed by atoms with E-state index in [4.69, 9.17) is 11.5 Å². The molecule has 2 aromatic carbocycles. The van der Waals surface area contributed by atoms with E-state index in [1.54, 1.807) is 12.1 Å². The minimum Gasteiger partial charge on any atom is -0.398 e. The number of nitrogen functional groups attached to an aromatic ring is 1. The lowest BCUT2D eigenvalue weighted by atomic mass is 10.0. The van der Waals surface area contributed by atoms with E-state index in [2.05, 4.69) is 0 Å². The first-order chi connectivity index (χ1) is 11.0. The summed E-state index contributed by atoms with van der Waals surface area (Å²) >= 11 is 0. The molecule has 5 nitrogen and oxygen atoms in total. The first-order valence-electron chi connectivity index (χ1n) is 7.29. The predicted octanol–water partition coefficient (Wildman–Crippen LogP) is 2.29. The number of fused-ring (bicyclic) bond motifs is 1. The number of hydrogen-bond acceptors (Lipinski definition) is 3. The lowest BCUT2D eigenvalue weighted by Gasteiger charge is -2.20. The normalized spacial score (nSPS) is 12.2. The molecular weight excluding hydrogens is 290 g/mol. The van der Waals surface area contributed by atoms with Gasteiger partial charge in [-0.25, -0.2) is 0 Å². The van der Waals surface area contributed by atoms with Gasteiger partial charge in [0.05, 0.1) is 16.9 Å². The average molecular weight is 307 g/mol. The molecule has 116 valence electrons. The summed E-state index contributed by atoms with van der Waals surface area (Å²) < 4.78 is 1.86. The van der Waals surface area contributed by atoms with Crippen LogP contribution >= 0.6 is 0 Å². The lowest BCUT2D eigenvalue weighted by molar-refractivity contribution is 0.0998. The molecular formula is C18H17N3O2. The van der Waals surface area contributed by atoms with Crippen molar-refractivity contribution in [2.24, 2.45) is 5.73 Å². The van der Waals surface area contributed by atoms with Crippen LogP contribution in [0.15, 0.2) is 59.5 Å². The standard InChI is InChI=1S/C18H17N3O2/c1-11(12-6-3-2-4-7-12)21-10-13(18(20)23)17(22)16-14(19)8-5-9-15(16)21/h2-11H,19H2,1H3,(H2,20,23). The van der Waals surface area contributed by atoms with Crippen LogP contribution in [0.2, 0.25) is 0 Å². The number of aromatic nitrogens is 1. The highest BCUT2D eigenvalue weighted by molar-refractivity contribution is 5.99. The van der Waals surface area contributed by atoms with Gasteiger partial charge in [0.15, 0.2) is 0 Å². The van der Waals surface area contributed by atoms with E-state index >= 15 is 0 Å². The number of nitrogens with two attached hydrogens (primary N) is 2. The van der Waals surface area contributed by atoms with Crippen LogP contribution in [0.1, 0.15) is 28.9 Å². The van der Waals surface area contributed by atoms with Gasteiger partial charge in [0.1, 0.15) is 5.56 Å². The molecule has 0 saturated heterocycles. The number of primary amides is 1. The zero-order valence-electron chi connectivity index (χ0n) is 12.7. The zero-order chi connectivity index (χ0) is 16.6. The van der Waals surface area contributed by atoms with Crippen molar-refractivity contribution in [3.8, 4) is 0 Å². The van der Waals surface area contributed by atoms with Crippen molar-refractivity contribution < 1.29 is 4.79 Å². The number of nitrogens with zero attached hydrogens (tertiary/aromatic N) is 1. The fourth-order valence-corrected chi connectivity index (χ4v) is 2.81. The summed E-state index contributed by atoms with van der Waals surface area (Å²) in [7, 11) is 0. The monoisotopic (exact) mass is 307 g/mol. The highest BCUT2D eigenvalue weighted by Crippen LogP contribution is 2.25. The molecule has 0 spiro atoms. The van der Waals surface area contributed by atoms with Gasteiger partial charge in [-0.05, 0) is 24.6 Å². The Bertz CT molecular complexity index is 946. The Kier molecular flexibility index (Phi) is 3.62. The fourth-order valence-electron chi connectivity index (χ4n) is 2.81. The molecule has 0 saturated carbocycles. The second-order valence-corrected chi connectivity index (χ2v) is 5.47. The van der Waals surface area contributed by atoms with Crippen molar-refractivity contribution in [1.29, 1.82) is 0 Å². The molecule has 1 aromatic heterocycles. The Hall–Kier alpha value is -3.08. The SMILES string of the molecule is CC(c1ccccc1)n1cc(C(N)=O)c(=O)c2c(N)cccc21. The summed E-state index contributed by atoms with van der Waals surface area (Å²) in [6.07, 6.45) is 1.52. The van der Waals surface area contributed by atoms with Crippen LogP contribution < -0.4 is 16.9 Å². The molecule has 23 heavy (non-hydrogen) atoms. The Labute approximate surface area is 133 Å². The first-order valence-corrected chi connectivity index (χ1v) is 7.29. The number of amides is 1. The van der Waals surface area contributed by atoms with Gasteiger partial charge in [-0.3, -0.25) is 9.59 Å². The van der Waals surface area contributed by atoms with E-state index < -0.39 is 11.3 Å². The molecule has 1 atom stereocenters. The Morgan fingerprint density at radius 2 is 1.78 bits per heavy atom. The summed E-state index contributed by atoms with van der Waals surface area (Å²) in [4.78, 5) is 24.2. The molecule has 1 amide bonds. The molecule has 1 unspecified atom stereocenters. The minimum atomic E-state index is -0.755. The van der Waals surface area contributed by atoms with E-state index in [1.165, 1.54) is 6.20 Å². The lowest BCUT2D eigenvalue weighted by Crippen LogP contribution is -2.25. The topological polar surface area (TPSA) is 91.1 Å². The first kappa shape index (κ1) is 14.8. The molecule has 4 N–H and O–H groups in total. The smallest absolute Gasteiger partial charge is 0.254 e. The third-order valence-corrected chi connectivity index (χ3v) is 4.06. The minimum absolute atomic E-state index is 0.0572. The molecule has 0 aliphatic rings. The van der Waals surface area contributed by atoms with Crippen molar-refractivity contribution in [2.75, 3.05) is 5.73 Å².